The summed E-state index contributed by atoms with van der Waals surface area (Å²) in [6.45, 7) is -1.71. The highest BCUT2D eigenvalue weighted by molar-refractivity contribution is 6.29. The average molecular weight is 483 g/mol. The smallest absolute Gasteiger partial charge is 0.305 e. The molecule has 11 heteroatoms. The van der Waals surface area contributed by atoms with Gasteiger partial charge in [-0.25, -0.2) is 9.50 Å². The van der Waals surface area contributed by atoms with Gasteiger partial charge < -0.3 is 4.90 Å². The van der Waals surface area contributed by atoms with Crippen molar-refractivity contribution in [2.24, 2.45) is 0 Å². The highest BCUT2D eigenvalue weighted by Crippen LogP contribution is 2.61. The quantitative estimate of drug-likeness (QED) is 0.478. The van der Waals surface area contributed by atoms with Crippen LogP contribution in [0.1, 0.15) is 47.8 Å². The number of rotatable bonds is 4. The van der Waals surface area contributed by atoms with Crippen LogP contribution in [0.15, 0.2) is 36.7 Å². The maximum absolute atomic E-state index is 13.9. The molecule has 3 aromatic rings. The Hall–Kier alpha value is -2.75. The molecule has 1 aromatic carbocycles. The van der Waals surface area contributed by atoms with Gasteiger partial charge in [-0.05, 0) is 54.4 Å². The van der Waals surface area contributed by atoms with Crippen molar-refractivity contribution in [1.29, 1.82) is 0 Å². The van der Waals surface area contributed by atoms with E-state index in [1.165, 1.54) is 0 Å². The van der Waals surface area contributed by atoms with Gasteiger partial charge in [0.25, 0.3) is 0 Å². The summed E-state index contributed by atoms with van der Waals surface area (Å²) in [7, 11) is 0. The van der Waals surface area contributed by atoms with Gasteiger partial charge in [-0.1, -0.05) is 23.7 Å². The van der Waals surface area contributed by atoms with Gasteiger partial charge in [0, 0.05) is 23.6 Å². The standard InChI is InChI=1S/C22H16ClF5N4O/c23-17-9-14(18-29-5-6-32(18)30-17)13-8-12(13)11-1-2-15-16(7-11)31(19(33)20(15)3-4-20)10-21(24,25)22(26,27)28/h1-2,5-7,9,12-13H,3-4,8,10H2/t12-,13?/m1/s1. The van der Waals surface area contributed by atoms with Crippen molar-refractivity contribution in [1.82, 2.24) is 14.6 Å². The first-order chi connectivity index (χ1) is 15.5. The first kappa shape index (κ1) is 20.8. The second-order valence-electron chi connectivity index (χ2n) is 9.02. The lowest BCUT2D eigenvalue weighted by Crippen LogP contribution is -2.49. The zero-order chi connectivity index (χ0) is 23.3. The van der Waals surface area contributed by atoms with Crippen molar-refractivity contribution in [3.63, 3.8) is 0 Å². The van der Waals surface area contributed by atoms with E-state index >= 15 is 0 Å². The molecule has 172 valence electrons. The maximum atomic E-state index is 13.9. The van der Waals surface area contributed by atoms with Gasteiger partial charge in [0.2, 0.25) is 5.91 Å². The summed E-state index contributed by atoms with van der Waals surface area (Å²) in [5, 5.41) is 4.46. The third-order valence-corrected chi connectivity index (χ3v) is 7.16. The third kappa shape index (κ3) is 2.99. The molecule has 1 amide bonds. The van der Waals surface area contributed by atoms with E-state index in [2.05, 4.69) is 10.1 Å². The first-order valence-corrected chi connectivity index (χ1v) is 10.8. The molecule has 2 aliphatic carbocycles. The van der Waals surface area contributed by atoms with Gasteiger partial charge >= 0.3 is 12.1 Å². The number of amides is 1. The SMILES string of the molecule is O=C1N(CC(F)(F)C(F)(F)F)c2cc([C@H]3CC3c3cc(Cl)nn4ccnc34)ccc2C12CC2. The van der Waals surface area contributed by atoms with Crippen LogP contribution in [0.2, 0.25) is 5.15 Å². The largest absolute Gasteiger partial charge is 0.455 e. The molecule has 2 fully saturated rings. The number of hydrogen-bond acceptors (Lipinski definition) is 3. The Morgan fingerprint density at radius 2 is 1.88 bits per heavy atom. The van der Waals surface area contributed by atoms with Crippen LogP contribution in [-0.2, 0) is 10.2 Å². The van der Waals surface area contributed by atoms with E-state index in [0.29, 0.717) is 34.1 Å². The number of fused-ring (bicyclic) bond motifs is 3. The normalized spacial score (nSPS) is 23.5. The zero-order valence-corrected chi connectivity index (χ0v) is 17.7. The highest BCUT2D eigenvalue weighted by Gasteiger charge is 2.64. The number of benzene rings is 1. The van der Waals surface area contributed by atoms with Gasteiger partial charge in [-0.3, -0.25) is 4.79 Å². The van der Waals surface area contributed by atoms with E-state index in [4.69, 9.17) is 11.6 Å². The maximum Gasteiger partial charge on any atom is 0.455 e. The molecule has 0 saturated heterocycles. The number of carbonyl (C=O) groups excluding carboxylic acids is 1. The molecule has 3 heterocycles. The van der Waals surface area contributed by atoms with E-state index in [1.54, 1.807) is 35.1 Å². The van der Waals surface area contributed by atoms with Crippen LogP contribution in [0.3, 0.4) is 0 Å². The summed E-state index contributed by atoms with van der Waals surface area (Å²) in [6, 6.07) is 6.89. The number of aromatic nitrogens is 3. The number of carbonyl (C=O) groups is 1. The minimum absolute atomic E-state index is 0.00472. The fraction of sp³-hybridized carbons (Fsp3) is 0.409. The molecule has 33 heavy (non-hydrogen) atoms. The fourth-order valence-corrected chi connectivity index (χ4v) is 5.23. The van der Waals surface area contributed by atoms with E-state index in [0.717, 1.165) is 17.5 Å². The van der Waals surface area contributed by atoms with Gasteiger partial charge in [-0.2, -0.15) is 27.1 Å². The van der Waals surface area contributed by atoms with Crippen LogP contribution in [0.4, 0.5) is 27.6 Å². The fourth-order valence-electron chi connectivity index (χ4n) is 5.03. The molecule has 1 aliphatic heterocycles. The van der Waals surface area contributed by atoms with Crippen LogP contribution in [0.25, 0.3) is 5.65 Å². The molecule has 2 aromatic heterocycles. The lowest BCUT2D eigenvalue weighted by molar-refractivity contribution is -0.276. The molecule has 2 saturated carbocycles. The van der Waals surface area contributed by atoms with Crippen molar-refractivity contribution in [3.05, 3.63) is 58.5 Å². The molecule has 0 bridgehead atoms. The molecule has 2 atom stereocenters. The topological polar surface area (TPSA) is 50.5 Å². The van der Waals surface area contributed by atoms with Crippen LogP contribution in [0, 0.1) is 0 Å². The summed E-state index contributed by atoms with van der Waals surface area (Å²) < 4.78 is 68.0. The molecule has 5 nitrogen and oxygen atoms in total. The van der Waals surface area contributed by atoms with Crippen LogP contribution in [0.5, 0.6) is 0 Å². The predicted octanol–water partition coefficient (Wildman–Crippen LogP) is 5.23. The monoisotopic (exact) mass is 482 g/mol. The summed E-state index contributed by atoms with van der Waals surface area (Å²) in [5.41, 5.74) is 2.06. The summed E-state index contributed by atoms with van der Waals surface area (Å²) in [4.78, 5) is 17.8. The lowest BCUT2D eigenvalue weighted by atomic mass is 9.95. The van der Waals surface area contributed by atoms with Crippen molar-refractivity contribution in [2.45, 2.75) is 48.6 Å². The Kier molecular flexibility index (Phi) is 4.06. The predicted molar refractivity (Wildman–Crippen MR) is 109 cm³/mol. The van der Waals surface area contributed by atoms with Crippen molar-refractivity contribution in [3.8, 4) is 0 Å². The number of alkyl halides is 5. The van der Waals surface area contributed by atoms with E-state index < -0.39 is 30.0 Å². The van der Waals surface area contributed by atoms with Crippen LogP contribution >= 0.6 is 11.6 Å². The summed E-state index contributed by atoms with van der Waals surface area (Å²) in [6.07, 6.45) is -0.815. The Bertz CT molecular complexity index is 1320. The number of hydrogen-bond donors (Lipinski definition) is 0. The summed E-state index contributed by atoms with van der Waals surface area (Å²) >= 11 is 6.13. The van der Waals surface area contributed by atoms with Gasteiger partial charge in [0.15, 0.2) is 5.65 Å². The van der Waals surface area contributed by atoms with Gasteiger partial charge in [-0.15, -0.1) is 0 Å². The first-order valence-electron chi connectivity index (χ1n) is 10.4. The number of anilines is 1. The Balaban J connectivity index is 1.35. The molecule has 0 radical (unpaired) electrons. The van der Waals surface area contributed by atoms with Crippen molar-refractivity contribution >= 4 is 28.8 Å². The van der Waals surface area contributed by atoms with Gasteiger partial charge in [0.1, 0.15) is 5.15 Å². The molecular weight excluding hydrogens is 467 g/mol. The molecule has 6 rings (SSSR count). The van der Waals surface area contributed by atoms with Crippen molar-refractivity contribution in [2.75, 3.05) is 11.4 Å². The van der Waals surface area contributed by atoms with E-state index in [1.807, 2.05) is 6.07 Å². The third-order valence-electron chi connectivity index (χ3n) is 6.98. The molecule has 0 N–H and O–H groups in total. The summed E-state index contributed by atoms with van der Waals surface area (Å²) in [5.74, 6) is -5.63. The van der Waals surface area contributed by atoms with E-state index in [-0.39, 0.29) is 17.5 Å². The minimum Gasteiger partial charge on any atom is -0.305 e. The van der Waals surface area contributed by atoms with Crippen molar-refractivity contribution < 1.29 is 26.7 Å². The lowest BCUT2D eigenvalue weighted by Gasteiger charge is -2.26. The molecular formula is C22H16ClF5N4O. The number of imidazole rings is 1. The number of nitrogens with zero attached hydrogens (tertiary/aromatic N) is 4. The highest BCUT2D eigenvalue weighted by atomic mass is 35.5. The zero-order valence-electron chi connectivity index (χ0n) is 16.9. The van der Waals surface area contributed by atoms with Crippen LogP contribution in [-0.4, -0.2) is 39.1 Å². The Morgan fingerprint density at radius 3 is 2.58 bits per heavy atom. The van der Waals surface area contributed by atoms with Gasteiger partial charge in [0.05, 0.1) is 12.0 Å². The number of halogens is 6. The Morgan fingerprint density at radius 1 is 1.12 bits per heavy atom. The van der Waals surface area contributed by atoms with E-state index in [9.17, 15) is 26.7 Å². The second kappa shape index (κ2) is 6.43. The molecule has 3 aliphatic rings. The van der Waals surface area contributed by atoms with Crippen LogP contribution < -0.4 is 4.90 Å². The molecule has 1 spiro atoms. The average Bonchev–Trinajstić information content (AvgIpc) is 3.64. The second-order valence-corrected chi connectivity index (χ2v) is 9.41. The molecule has 1 unspecified atom stereocenters. The Labute approximate surface area is 189 Å². The minimum atomic E-state index is -5.73.